The van der Waals surface area contributed by atoms with E-state index in [9.17, 15) is 5.11 Å². The lowest BCUT2D eigenvalue weighted by Gasteiger charge is -2.21. The van der Waals surface area contributed by atoms with Gasteiger partial charge in [0.05, 0.1) is 16.7 Å². The van der Waals surface area contributed by atoms with Crippen molar-refractivity contribution in [2.24, 2.45) is 0 Å². The molecule has 1 heterocycles. The molecule has 144 valence electrons. The minimum Gasteiger partial charge on any atom is -0.508 e. The van der Waals surface area contributed by atoms with E-state index in [1.807, 2.05) is 24.3 Å². The van der Waals surface area contributed by atoms with Crippen LogP contribution in [0.15, 0.2) is 36.4 Å². The van der Waals surface area contributed by atoms with Crippen LogP contribution in [0.4, 0.5) is 5.69 Å². The molecule has 4 nitrogen and oxygen atoms in total. The molecule has 3 rings (SSSR count). The topological polar surface area (TPSA) is 48.4 Å². The van der Waals surface area contributed by atoms with Crippen LogP contribution in [0.5, 0.6) is 5.75 Å². The van der Waals surface area contributed by atoms with E-state index in [-0.39, 0.29) is 5.75 Å². The smallest absolute Gasteiger partial charge is 0.116 e. The summed E-state index contributed by atoms with van der Waals surface area (Å²) < 4.78 is 0. The van der Waals surface area contributed by atoms with E-state index in [0.717, 1.165) is 60.0 Å². The van der Waals surface area contributed by atoms with Crippen molar-refractivity contribution in [2.75, 3.05) is 25.0 Å². The third kappa shape index (κ3) is 4.63. The highest BCUT2D eigenvalue weighted by molar-refractivity contribution is 6.31. The Morgan fingerprint density at radius 1 is 1.07 bits per heavy atom. The number of halogens is 1. The molecule has 0 saturated heterocycles. The zero-order valence-corrected chi connectivity index (χ0v) is 17.1. The molecule has 0 spiro atoms. The Balaban J connectivity index is 1.89. The zero-order chi connectivity index (χ0) is 19.4. The first-order valence-corrected chi connectivity index (χ1v) is 10.1. The number of nitrogens with zero attached hydrogens (tertiary/aromatic N) is 2. The number of phenolic OH excluding ortho intramolecular Hbond substituents is 1. The molecule has 1 atom stereocenters. The van der Waals surface area contributed by atoms with Crippen LogP contribution in [0.2, 0.25) is 5.02 Å². The second kappa shape index (κ2) is 8.77. The van der Waals surface area contributed by atoms with Gasteiger partial charge in [0.15, 0.2) is 0 Å². The lowest BCUT2D eigenvalue weighted by Crippen LogP contribution is -2.25. The molecule has 0 saturated carbocycles. The Hall–Kier alpha value is -2.04. The molecule has 0 aliphatic heterocycles. The third-order valence-electron chi connectivity index (χ3n) is 5.12. The highest BCUT2D eigenvalue weighted by Crippen LogP contribution is 2.34. The largest absolute Gasteiger partial charge is 0.508 e. The summed E-state index contributed by atoms with van der Waals surface area (Å²) in [5.74, 6) is 0.245. The molecule has 1 unspecified atom stereocenters. The van der Waals surface area contributed by atoms with Gasteiger partial charge in [-0.25, -0.2) is 4.98 Å². The van der Waals surface area contributed by atoms with Gasteiger partial charge in [-0.15, -0.1) is 0 Å². The summed E-state index contributed by atoms with van der Waals surface area (Å²) in [5.41, 5.74) is 2.72. The monoisotopic (exact) mass is 385 g/mol. The molecule has 27 heavy (non-hydrogen) atoms. The van der Waals surface area contributed by atoms with Crippen molar-refractivity contribution < 1.29 is 5.11 Å². The van der Waals surface area contributed by atoms with Crippen LogP contribution in [0.25, 0.3) is 21.8 Å². The van der Waals surface area contributed by atoms with Crippen LogP contribution in [-0.2, 0) is 0 Å². The van der Waals surface area contributed by atoms with E-state index in [2.05, 4.69) is 31.0 Å². The van der Waals surface area contributed by atoms with E-state index >= 15 is 0 Å². The van der Waals surface area contributed by atoms with E-state index in [1.165, 1.54) is 0 Å². The summed E-state index contributed by atoms with van der Waals surface area (Å²) in [6, 6.07) is 11.4. The quantitative estimate of drug-likeness (QED) is 0.490. The van der Waals surface area contributed by atoms with Gasteiger partial charge in [0, 0.05) is 21.8 Å². The molecule has 0 radical (unpaired) electrons. The summed E-state index contributed by atoms with van der Waals surface area (Å²) >= 11 is 6.17. The van der Waals surface area contributed by atoms with Crippen LogP contribution < -0.4 is 5.32 Å². The van der Waals surface area contributed by atoms with Gasteiger partial charge in [-0.3, -0.25) is 0 Å². The number of anilines is 1. The highest BCUT2D eigenvalue weighted by atomic mass is 35.5. The molecule has 1 aromatic heterocycles. The van der Waals surface area contributed by atoms with Crippen LogP contribution in [0.3, 0.4) is 0 Å². The van der Waals surface area contributed by atoms with Gasteiger partial charge in [-0.05, 0) is 75.8 Å². The second-order valence-corrected chi connectivity index (χ2v) is 7.50. The number of hydrogen-bond acceptors (Lipinski definition) is 4. The first-order valence-electron chi connectivity index (χ1n) is 9.72. The fraction of sp³-hybridized carbons (Fsp3) is 0.409. The van der Waals surface area contributed by atoms with Crippen molar-refractivity contribution in [3.8, 4) is 5.75 Å². The van der Waals surface area contributed by atoms with Gasteiger partial charge in [-0.1, -0.05) is 25.4 Å². The number of pyridine rings is 1. The first-order chi connectivity index (χ1) is 13.0. The minimum absolute atomic E-state index is 0.245. The van der Waals surface area contributed by atoms with Crippen LogP contribution in [0, 0.1) is 0 Å². The molecule has 5 heteroatoms. The SMILES string of the molecule is CCN(CC)CCCC(C)Nc1c2ccc(Cl)cc2nc2ccc(O)cc12. The highest BCUT2D eigenvalue weighted by Gasteiger charge is 2.13. The number of benzene rings is 2. The Labute approximate surface area is 166 Å². The van der Waals surface area contributed by atoms with Crippen molar-refractivity contribution >= 4 is 39.1 Å². The molecule has 0 amide bonds. The van der Waals surface area contributed by atoms with E-state index in [4.69, 9.17) is 16.6 Å². The summed E-state index contributed by atoms with van der Waals surface area (Å²) in [4.78, 5) is 7.16. The average molecular weight is 386 g/mol. The van der Waals surface area contributed by atoms with Crippen molar-refractivity contribution in [3.05, 3.63) is 41.4 Å². The van der Waals surface area contributed by atoms with E-state index < -0.39 is 0 Å². The lowest BCUT2D eigenvalue weighted by atomic mass is 10.1. The number of aromatic hydroxyl groups is 1. The minimum atomic E-state index is 0.245. The lowest BCUT2D eigenvalue weighted by molar-refractivity contribution is 0.295. The summed E-state index contributed by atoms with van der Waals surface area (Å²) in [5, 5.41) is 16.3. The normalized spacial score (nSPS) is 12.8. The van der Waals surface area contributed by atoms with Gasteiger partial charge in [-0.2, -0.15) is 0 Å². The number of rotatable bonds is 8. The molecule has 0 aliphatic carbocycles. The Kier molecular flexibility index (Phi) is 6.40. The summed E-state index contributed by atoms with van der Waals surface area (Å²) in [6.45, 7) is 9.93. The molecule has 0 fully saturated rings. The fourth-order valence-corrected chi connectivity index (χ4v) is 3.71. The zero-order valence-electron chi connectivity index (χ0n) is 16.3. The molecule has 0 aliphatic rings. The third-order valence-corrected chi connectivity index (χ3v) is 5.35. The van der Waals surface area contributed by atoms with Crippen molar-refractivity contribution in [2.45, 2.75) is 39.7 Å². The molecule has 0 bridgehead atoms. The molecule has 3 aromatic rings. The van der Waals surface area contributed by atoms with Gasteiger partial charge < -0.3 is 15.3 Å². The fourth-order valence-electron chi connectivity index (χ4n) is 3.54. The molecule has 2 aromatic carbocycles. The van der Waals surface area contributed by atoms with Gasteiger partial charge in [0.25, 0.3) is 0 Å². The van der Waals surface area contributed by atoms with E-state index in [0.29, 0.717) is 11.1 Å². The van der Waals surface area contributed by atoms with E-state index in [1.54, 1.807) is 12.1 Å². The Morgan fingerprint density at radius 2 is 1.85 bits per heavy atom. The number of phenols is 1. The maximum Gasteiger partial charge on any atom is 0.116 e. The predicted octanol–water partition coefficient (Wildman–Crippen LogP) is 5.67. The number of aromatic nitrogens is 1. The standard InChI is InChI=1S/C22H28ClN3O/c1-4-26(5-2)12-6-7-15(3)24-22-18-10-8-16(23)13-21(18)25-20-11-9-17(27)14-19(20)22/h8-11,13-15,27H,4-7,12H2,1-3H3,(H,24,25). The van der Waals surface area contributed by atoms with Gasteiger partial charge in [0.1, 0.15) is 5.75 Å². The van der Waals surface area contributed by atoms with Gasteiger partial charge >= 0.3 is 0 Å². The molecule has 2 N–H and O–H groups in total. The molecular weight excluding hydrogens is 358 g/mol. The molecular formula is C22H28ClN3O. The van der Waals surface area contributed by atoms with Crippen molar-refractivity contribution in [1.82, 2.24) is 9.88 Å². The predicted molar refractivity (Wildman–Crippen MR) is 116 cm³/mol. The Morgan fingerprint density at radius 3 is 2.59 bits per heavy atom. The number of nitrogens with one attached hydrogen (secondary N) is 1. The van der Waals surface area contributed by atoms with Gasteiger partial charge in [0.2, 0.25) is 0 Å². The van der Waals surface area contributed by atoms with Crippen LogP contribution >= 0.6 is 11.6 Å². The first kappa shape index (κ1) is 19.7. The Bertz CT molecular complexity index is 924. The summed E-state index contributed by atoms with van der Waals surface area (Å²) in [6.07, 6.45) is 2.22. The van der Waals surface area contributed by atoms with Crippen LogP contribution in [-0.4, -0.2) is 40.7 Å². The maximum absolute atomic E-state index is 9.98. The summed E-state index contributed by atoms with van der Waals surface area (Å²) in [7, 11) is 0. The van der Waals surface area contributed by atoms with Crippen molar-refractivity contribution in [1.29, 1.82) is 0 Å². The van der Waals surface area contributed by atoms with Crippen molar-refractivity contribution in [3.63, 3.8) is 0 Å². The average Bonchev–Trinajstić information content (AvgIpc) is 2.65. The second-order valence-electron chi connectivity index (χ2n) is 7.06. The number of fused-ring (bicyclic) bond motifs is 2. The number of hydrogen-bond donors (Lipinski definition) is 2. The van der Waals surface area contributed by atoms with Crippen LogP contribution in [0.1, 0.15) is 33.6 Å². The maximum atomic E-state index is 9.98.